The zero-order valence-corrected chi connectivity index (χ0v) is 11.4. The normalized spacial score (nSPS) is 46.1. The van der Waals surface area contributed by atoms with Gasteiger partial charge in [-0.05, 0) is 44.1 Å². The fourth-order valence-corrected chi connectivity index (χ4v) is 3.54. The van der Waals surface area contributed by atoms with Crippen molar-refractivity contribution in [2.45, 2.75) is 52.1 Å². The van der Waals surface area contributed by atoms with Crippen molar-refractivity contribution >= 4 is 0 Å². The van der Waals surface area contributed by atoms with E-state index in [4.69, 9.17) is 0 Å². The summed E-state index contributed by atoms with van der Waals surface area (Å²) in [6, 6.07) is 1.52. The highest BCUT2D eigenvalue weighted by atomic mass is 15.2. The van der Waals surface area contributed by atoms with Gasteiger partial charge in [-0.15, -0.1) is 0 Å². The molecule has 0 aromatic heterocycles. The smallest absolute Gasteiger partial charge is 0.0251 e. The van der Waals surface area contributed by atoms with E-state index >= 15 is 0 Å². The Morgan fingerprint density at radius 3 is 2.19 bits per heavy atom. The number of hydrogen-bond acceptors (Lipinski definition) is 2. The molecule has 2 aliphatic rings. The van der Waals surface area contributed by atoms with Crippen LogP contribution in [0.15, 0.2) is 0 Å². The molecule has 1 saturated heterocycles. The molecule has 94 valence electrons. The SMILES string of the molecule is CNC1CCC(C)CC1N1CC(C)C(C)C1. The molecule has 2 fully saturated rings. The lowest BCUT2D eigenvalue weighted by Gasteiger charge is -2.40. The third-order valence-corrected chi connectivity index (χ3v) is 4.93. The molecule has 1 heterocycles. The molecule has 0 aromatic rings. The van der Waals surface area contributed by atoms with Gasteiger partial charge in [0.15, 0.2) is 0 Å². The van der Waals surface area contributed by atoms with Crippen LogP contribution in [0.3, 0.4) is 0 Å². The van der Waals surface area contributed by atoms with E-state index in [0.29, 0.717) is 0 Å². The third kappa shape index (κ3) is 2.43. The van der Waals surface area contributed by atoms with Crippen molar-refractivity contribution < 1.29 is 0 Å². The number of nitrogens with zero attached hydrogens (tertiary/aromatic N) is 1. The molecule has 0 bridgehead atoms. The van der Waals surface area contributed by atoms with Gasteiger partial charge < -0.3 is 5.32 Å². The van der Waals surface area contributed by atoms with Gasteiger partial charge in [-0.2, -0.15) is 0 Å². The zero-order valence-electron chi connectivity index (χ0n) is 11.4. The second-order valence-corrected chi connectivity index (χ2v) is 6.29. The van der Waals surface area contributed by atoms with E-state index in [1.165, 1.54) is 32.4 Å². The van der Waals surface area contributed by atoms with Crippen LogP contribution >= 0.6 is 0 Å². The number of nitrogens with one attached hydrogen (secondary N) is 1. The molecule has 5 atom stereocenters. The lowest BCUT2D eigenvalue weighted by Crippen LogP contribution is -2.51. The Labute approximate surface area is 101 Å². The van der Waals surface area contributed by atoms with Crippen LogP contribution < -0.4 is 5.32 Å². The fourth-order valence-electron chi connectivity index (χ4n) is 3.54. The quantitative estimate of drug-likeness (QED) is 0.774. The van der Waals surface area contributed by atoms with Crippen molar-refractivity contribution in [2.75, 3.05) is 20.1 Å². The molecule has 0 aromatic carbocycles. The minimum Gasteiger partial charge on any atom is -0.315 e. The Morgan fingerprint density at radius 1 is 1.00 bits per heavy atom. The first-order chi connectivity index (χ1) is 7.61. The molecule has 2 rings (SSSR count). The van der Waals surface area contributed by atoms with Crippen LogP contribution in [0.2, 0.25) is 0 Å². The van der Waals surface area contributed by atoms with Crippen molar-refractivity contribution in [3.05, 3.63) is 0 Å². The molecule has 0 radical (unpaired) electrons. The predicted octanol–water partition coefficient (Wildman–Crippen LogP) is 2.35. The first-order valence-electron chi connectivity index (χ1n) is 7.03. The van der Waals surface area contributed by atoms with Gasteiger partial charge in [-0.25, -0.2) is 0 Å². The maximum atomic E-state index is 3.54. The van der Waals surface area contributed by atoms with Crippen LogP contribution in [-0.4, -0.2) is 37.1 Å². The average Bonchev–Trinajstić information content (AvgIpc) is 2.59. The number of likely N-dealkylation sites (tertiary alicyclic amines) is 1. The van der Waals surface area contributed by atoms with Crippen LogP contribution in [0.1, 0.15) is 40.0 Å². The molecular formula is C14H28N2. The van der Waals surface area contributed by atoms with E-state index in [1.54, 1.807) is 0 Å². The molecular weight excluding hydrogens is 196 g/mol. The van der Waals surface area contributed by atoms with Crippen LogP contribution in [0, 0.1) is 17.8 Å². The first-order valence-corrected chi connectivity index (χ1v) is 7.03. The van der Waals surface area contributed by atoms with Gasteiger partial charge in [-0.3, -0.25) is 4.90 Å². The van der Waals surface area contributed by atoms with Crippen LogP contribution in [-0.2, 0) is 0 Å². The van der Waals surface area contributed by atoms with E-state index in [1.807, 2.05) is 0 Å². The number of likely N-dealkylation sites (N-methyl/N-ethyl adjacent to an activating group) is 1. The largest absolute Gasteiger partial charge is 0.315 e. The molecule has 1 aliphatic heterocycles. The van der Waals surface area contributed by atoms with Crippen molar-refractivity contribution in [2.24, 2.45) is 17.8 Å². The Morgan fingerprint density at radius 2 is 1.62 bits per heavy atom. The Bertz CT molecular complexity index is 219. The standard InChI is InChI=1S/C14H28N2/c1-10-5-6-13(15-4)14(7-10)16-8-11(2)12(3)9-16/h10-15H,5-9H2,1-4H3. The summed E-state index contributed by atoms with van der Waals surface area (Å²) in [4.78, 5) is 2.76. The highest BCUT2D eigenvalue weighted by Gasteiger charge is 2.37. The number of rotatable bonds is 2. The topological polar surface area (TPSA) is 15.3 Å². The monoisotopic (exact) mass is 224 g/mol. The molecule has 5 unspecified atom stereocenters. The van der Waals surface area contributed by atoms with E-state index in [9.17, 15) is 0 Å². The van der Waals surface area contributed by atoms with Gasteiger partial charge >= 0.3 is 0 Å². The average molecular weight is 224 g/mol. The zero-order chi connectivity index (χ0) is 11.7. The van der Waals surface area contributed by atoms with E-state index in [-0.39, 0.29) is 0 Å². The molecule has 1 saturated carbocycles. The number of hydrogen-bond donors (Lipinski definition) is 1. The lowest BCUT2D eigenvalue weighted by atomic mass is 9.82. The molecule has 16 heavy (non-hydrogen) atoms. The van der Waals surface area contributed by atoms with Crippen LogP contribution in [0.4, 0.5) is 0 Å². The third-order valence-electron chi connectivity index (χ3n) is 4.93. The minimum atomic E-state index is 0.730. The van der Waals surface area contributed by atoms with Crippen molar-refractivity contribution in [3.8, 4) is 0 Å². The second kappa shape index (κ2) is 5.05. The van der Waals surface area contributed by atoms with E-state index < -0.39 is 0 Å². The molecule has 2 nitrogen and oxygen atoms in total. The maximum Gasteiger partial charge on any atom is 0.0251 e. The second-order valence-electron chi connectivity index (χ2n) is 6.29. The predicted molar refractivity (Wildman–Crippen MR) is 69.6 cm³/mol. The summed E-state index contributed by atoms with van der Waals surface area (Å²) < 4.78 is 0. The first kappa shape index (κ1) is 12.4. The summed E-state index contributed by atoms with van der Waals surface area (Å²) in [5, 5.41) is 3.54. The Hall–Kier alpha value is -0.0800. The summed E-state index contributed by atoms with van der Waals surface area (Å²) >= 11 is 0. The fraction of sp³-hybridized carbons (Fsp3) is 1.00. The van der Waals surface area contributed by atoms with Crippen LogP contribution in [0.25, 0.3) is 0 Å². The highest BCUT2D eigenvalue weighted by molar-refractivity contribution is 4.93. The summed E-state index contributed by atoms with van der Waals surface area (Å²) in [6.45, 7) is 9.87. The lowest BCUT2D eigenvalue weighted by molar-refractivity contribution is 0.122. The maximum absolute atomic E-state index is 3.54. The van der Waals surface area contributed by atoms with Gasteiger partial charge in [0.05, 0.1) is 0 Å². The van der Waals surface area contributed by atoms with Crippen molar-refractivity contribution in [3.63, 3.8) is 0 Å². The van der Waals surface area contributed by atoms with E-state index in [0.717, 1.165) is 29.8 Å². The Balaban J connectivity index is 2.00. The summed E-state index contributed by atoms with van der Waals surface area (Å²) in [5.74, 6) is 2.69. The molecule has 1 N–H and O–H groups in total. The van der Waals surface area contributed by atoms with E-state index in [2.05, 4.69) is 38.0 Å². The highest BCUT2D eigenvalue weighted by Crippen LogP contribution is 2.32. The van der Waals surface area contributed by atoms with Gasteiger partial charge in [0.25, 0.3) is 0 Å². The molecule has 0 spiro atoms. The summed E-state index contributed by atoms with van der Waals surface area (Å²) in [5.41, 5.74) is 0. The van der Waals surface area contributed by atoms with Crippen molar-refractivity contribution in [1.82, 2.24) is 10.2 Å². The molecule has 0 amide bonds. The van der Waals surface area contributed by atoms with Gasteiger partial charge in [0.1, 0.15) is 0 Å². The van der Waals surface area contributed by atoms with Gasteiger partial charge in [0.2, 0.25) is 0 Å². The minimum absolute atomic E-state index is 0.730. The van der Waals surface area contributed by atoms with Crippen LogP contribution in [0.5, 0.6) is 0 Å². The molecule has 2 heteroatoms. The summed E-state index contributed by atoms with van der Waals surface area (Å²) in [6.07, 6.45) is 4.16. The van der Waals surface area contributed by atoms with Gasteiger partial charge in [0, 0.05) is 25.2 Å². The van der Waals surface area contributed by atoms with Crippen molar-refractivity contribution in [1.29, 1.82) is 0 Å². The summed E-state index contributed by atoms with van der Waals surface area (Å²) in [7, 11) is 2.14. The Kier molecular flexibility index (Phi) is 3.91. The molecule has 1 aliphatic carbocycles. The van der Waals surface area contributed by atoms with Gasteiger partial charge in [-0.1, -0.05) is 20.8 Å².